The van der Waals surface area contributed by atoms with Gasteiger partial charge in [0.1, 0.15) is 0 Å². The number of unbranched alkanes of at least 4 members (excludes halogenated alkanes) is 26. The smallest absolute Gasteiger partial charge is 0.393 e. The minimum absolute atomic E-state index is 0.0460. The van der Waals surface area contributed by atoms with E-state index >= 15 is 0 Å². The fraction of sp³-hybridized carbons (Fsp3) is 0.886. The zero-order chi connectivity index (χ0) is 39.8. The molecule has 0 aliphatic rings. The molecule has 0 fully saturated rings. The van der Waals surface area contributed by atoms with Gasteiger partial charge < -0.3 is 26.2 Å². The van der Waals surface area contributed by atoms with Crippen LogP contribution in [0.4, 0.5) is 0 Å². The van der Waals surface area contributed by atoms with Gasteiger partial charge in [0.15, 0.2) is 0 Å². The van der Waals surface area contributed by atoms with Crippen LogP contribution in [0.2, 0.25) is 0 Å². The van der Waals surface area contributed by atoms with Crippen LogP contribution in [0.5, 0.6) is 0 Å². The number of aliphatic hydroxyl groups is 2. The van der Waals surface area contributed by atoms with E-state index in [4.69, 9.17) is 14.8 Å². The number of hydrogen-bond acceptors (Lipinski definition) is 7. The van der Waals surface area contributed by atoms with Gasteiger partial charge in [0.25, 0.3) is 0 Å². The number of carbonyl (C=O) groups is 1. The number of amides is 1. The Hall–Kier alpha value is -1.06. The summed E-state index contributed by atoms with van der Waals surface area (Å²) in [5, 5.41) is 24.0. The van der Waals surface area contributed by atoms with Crippen molar-refractivity contribution in [2.45, 2.75) is 231 Å². The minimum Gasteiger partial charge on any atom is -0.393 e. The first-order valence-electron chi connectivity index (χ1n) is 22.5. The number of phosphoric ester groups is 1. The van der Waals surface area contributed by atoms with Crippen molar-refractivity contribution in [2.75, 3.05) is 19.8 Å². The molecule has 6 N–H and O–H groups in total. The standard InChI is InChI=1S/C44H87N2O7P/c1-3-5-7-9-11-13-15-17-19-20-22-23-25-27-29-31-33-35-41(47)39-44(49)46-42(40-53-54(50,51)52-38-37-45)43(48)36-34-32-30-28-26-24-21-18-16-14-12-10-8-6-4-2/h26,28,34,36,41-43,47-48H,3-25,27,29-33,35,37-40,45H2,1-2H3,(H,46,49)(H,50,51)/b28-26+,36-34+. The Bertz CT molecular complexity index is 919. The predicted molar refractivity (Wildman–Crippen MR) is 227 cm³/mol. The molecule has 0 aromatic rings. The summed E-state index contributed by atoms with van der Waals surface area (Å²) in [5.74, 6) is -0.453. The van der Waals surface area contributed by atoms with Crippen LogP contribution in [0, 0.1) is 0 Å². The molecule has 0 saturated heterocycles. The summed E-state index contributed by atoms with van der Waals surface area (Å²) in [5.41, 5.74) is 5.36. The zero-order valence-electron chi connectivity index (χ0n) is 35.1. The van der Waals surface area contributed by atoms with Gasteiger partial charge in [-0.2, -0.15) is 0 Å². The number of hydrogen-bond donors (Lipinski definition) is 5. The summed E-state index contributed by atoms with van der Waals surface area (Å²) in [4.78, 5) is 22.8. The van der Waals surface area contributed by atoms with E-state index in [1.165, 1.54) is 148 Å². The molecule has 0 saturated carbocycles. The van der Waals surface area contributed by atoms with E-state index in [0.29, 0.717) is 12.8 Å². The van der Waals surface area contributed by atoms with Crippen molar-refractivity contribution in [1.29, 1.82) is 0 Å². The average molecular weight is 787 g/mol. The Labute approximate surface area is 332 Å². The lowest BCUT2D eigenvalue weighted by Gasteiger charge is -2.24. The van der Waals surface area contributed by atoms with E-state index < -0.39 is 38.6 Å². The molecule has 9 nitrogen and oxygen atoms in total. The normalized spacial score (nSPS) is 14.9. The maximum atomic E-state index is 12.8. The molecular weight excluding hydrogens is 699 g/mol. The lowest BCUT2D eigenvalue weighted by atomic mass is 10.0. The highest BCUT2D eigenvalue weighted by Crippen LogP contribution is 2.43. The second-order valence-corrected chi connectivity index (χ2v) is 16.9. The first kappa shape index (κ1) is 52.9. The van der Waals surface area contributed by atoms with Crippen LogP contribution >= 0.6 is 7.82 Å². The first-order chi connectivity index (χ1) is 26.3. The highest BCUT2D eigenvalue weighted by atomic mass is 31.2. The van der Waals surface area contributed by atoms with Gasteiger partial charge in [-0.25, -0.2) is 4.57 Å². The third kappa shape index (κ3) is 37.8. The molecule has 0 rings (SSSR count). The van der Waals surface area contributed by atoms with E-state index in [-0.39, 0.29) is 19.6 Å². The number of aliphatic hydroxyl groups excluding tert-OH is 2. The Kier molecular flexibility index (Phi) is 39.4. The van der Waals surface area contributed by atoms with Crippen LogP contribution in [0.1, 0.15) is 213 Å². The maximum absolute atomic E-state index is 12.8. The van der Waals surface area contributed by atoms with E-state index in [2.05, 4.69) is 31.3 Å². The molecule has 0 spiro atoms. The molecule has 0 radical (unpaired) electrons. The highest BCUT2D eigenvalue weighted by Gasteiger charge is 2.27. The zero-order valence-corrected chi connectivity index (χ0v) is 36.0. The van der Waals surface area contributed by atoms with Crippen molar-refractivity contribution in [3.8, 4) is 0 Å². The average Bonchev–Trinajstić information content (AvgIpc) is 3.15. The van der Waals surface area contributed by atoms with E-state index in [9.17, 15) is 24.5 Å². The molecule has 4 unspecified atom stereocenters. The second kappa shape index (κ2) is 40.1. The Balaban J connectivity index is 4.31. The Morgan fingerprint density at radius 3 is 1.54 bits per heavy atom. The van der Waals surface area contributed by atoms with E-state index in [1.54, 1.807) is 6.08 Å². The van der Waals surface area contributed by atoms with Crippen molar-refractivity contribution in [3.05, 3.63) is 24.3 Å². The number of allylic oxidation sites excluding steroid dienone is 3. The van der Waals surface area contributed by atoms with Gasteiger partial charge in [0.2, 0.25) is 5.91 Å². The monoisotopic (exact) mass is 787 g/mol. The number of nitrogens with one attached hydrogen (secondary N) is 1. The van der Waals surface area contributed by atoms with Crippen molar-refractivity contribution in [3.63, 3.8) is 0 Å². The number of nitrogens with two attached hydrogens (primary N) is 1. The molecule has 0 aliphatic heterocycles. The van der Waals surface area contributed by atoms with Crippen LogP contribution in [-0.4, -0.2) is 59.0 Å². The summed E-state index contributed by atoms with van der Waals surface area (Å²) in [6, 6.07) is -0.995. The van der Waals surface area contributed by atoms with Crippen molar-refractivity contribution >= 4 is 13.7 Å². The van der Waals surface area contributed by atoms with Gasteiger partial charge >= 0.3 is 7.82 Å². The van der Waals surface area contributed by atoms with Crippen LogP contribution in [-0.2, 0) is 18.4 Å². The molecule has 10 heteroatoms. The first-order valence-corrected chi connectivity index (χ1v) is 24.0. The number of carbonyl (C=O) groups excluding carboxylic acids is 1. The van der Waals surface area contributed by atoms with Gasteiger partial charge in [-0.3, -0.25) is 13.8 Å². The molecule has 320 valence electrons. The molecule has 0 aromatic heterocycles. The minimum atomic E-state index is -4.40. The second-order valence-electron chi connectivity index (χ2n) is 15.4. The fourth-order valence-electron chi connectivity index (χ4n) is 6.66. The van der Waals surface area contributed by atoms with Crippen LogP contribution in [0.15, 0.2) is 24.3 Å². The molecule has 0 aliphatic carbocycles. The Morgan fingerprint density at radius 1 is 0.630 bits per heavy atom. The maximum Gasteiger partial charge on any atom is 0.472 e. The molecule has 0 bridgehead atoms. The molecule has 4 atom stereocenters. The molecule has 54 heavy (non-hydrogen) atoms. The van der Waals surface area contributed by atoms with Gasteiger partial charge in [-0.15, -0.1) is 0 Å². The van der Waals surface area contributed by atoms with Crippen LogP contribution in [0.3, 0.4) is 0 Å². The summed E-state index contributed by atoms with van der Waals surface area (Å²) in [6.07, 6.45) is 42.6. The van der Waals surface area contributed by atoms with Crippen molar-refractivity contribution in [2.24, 2.45) is 5.73 Å². The highest BCUT2D eigenvalue weighted by molar-refractivity contribution is 7.47. The lowest BCUT2D eigenvalue weighted by Crippen LogP contribution is -2.46. The number of rotatable bonds is 42. The summed E-state index contributed by atoms with van der Waals surface area (Å²) in [6.45, 7) is 3.96. The van der Waals surface area contributed by atoms with Crippen LogP contribution < -0.4 is 11.1 Å². The molecule has 0 heterocycles. The third-order valence-corrected chi connectivity index (χ3v) is 11.1. The number of phosphoric acid groups is 1. The quantitative estimate of drug-likeness (QED) is 0.0233. The Morgan fingerprint density at radius 2 is 1.06 bits per heavy atom. The fourth-order valence-corrected chi connectivity index (χ4v) is 7.42. The molecule has 0 aromatic carbocycles. The van der Waals surface area contributed by atoms with Gasteiger partial charge in [-0.05, 0) is 32.1 Å². The van der Waals surface area contributed by atoms with Gasteiger partial charge in [-0.1, -0.05) is 199 Å². The largest absolute Gasteiger partial charge is 0.472 e. The predicted octanol–water partition coefficient (Wildman–Crippen LogP) is 11.5. The van der Waals surface area contributed by atoms with E-state index in [1.807, 2.05) is 6.08 Å². The van der Waals surface area contributed by atoms with Crippen molar-refractivity contribution in [1.82, 2.24) is 5.32 Å². The third-order valence-electron chi connectivity index (χ3n) is 10.1. The topological polar surface area (TPSA) is 151 Å². The van der Waals surface area contributed by atoms with Crippen LogP contribution in [0.25, 0.3) is 0 Å². The van der Waals surface area contributed by atoms with Crippen molar-refractivity contribution < 1.29 is 33.5 Å². The lowest BCUT2D eigenvalue weighted by molar-refractivity contribution is -0.124. The van der Waals surface area contributed by atoms with Gasteiger partial charge in [0.05, 0.1) is 37.9 Å². The molecule has 1 amide bonds. The van der Waals surface area contributed by atoms with E-state index in [0.717, 1.165) is 32.1 Å². The summed E-state index contributed by atoms with van der Waals surface area (Å²) < 4.78 is 22.1. The summed E-state index contributed by atoms with van der Waals surface area (Å²) in [7, 11) is -4.40. The van der Waals surface area contributed by atoms with Gasteiger partial charge in [0, 0.05) is 6.54 Å². The summed E-state index contributed by atoms with van der Waals surface area (Å²) >= 11 is 0. The molecular formula is C44H87N2O7P. The SMILES string of the molecule is CCCCCCCCCCC/C=C/CC/C=C/C(O)C(COP(=O)(O)OCCN)NC(=O)CC(O)CCCCCCCCCCCCCCCCCCC.